The Hall–Kier alpha value is -3.07. The van der Waals surface area contributed by atoms with E-state index in [9.17, 15) is 14.4 Å². The maximum atomic E-state index is 12.0. The summed E-state index contributed by atoms with van der Waals surface area (Å²) in [6.07, 6.45) is -0.953. The van der Waals surface area contributed by atoms with Crippen LogP contribution in [0, 0.1) is 0 Å². The summed E-state index contributed by atoms with van der Waals surface area (Å²) >= 11 is 1.14. The number of carbonyl (C=O) groups excluding carboxylic acids is 3. The Morgan fingerprint density at radius 2 is 2.00 bits per heavy atom. The molecule has 1 aliphatic rings. The van der Waals surface area contributed by atoms with Gasteiger partial charge >= 0.3 is 5.97 Å². The van der Waals surface area contributed by atoms with Gasteiger partial charge in [0.15, 0.2) is 18.1 Å². The average molecular weight is 362 g/mol. The number of nitrogens with two attached hydrogens (primary N) is 1. The number of fused-ring (bicyclic) bond motifs is 1. The topological polar surface area (TPSA) is 117 Å². The first kappa shape index (κ1) is 16.8. The standard InChI is InChI=1S/C16H14N2O6S/c17-14(20)9-5-6-25-15(9)18-13(19)8-23-16(21)12-7-22-10-3-1-2-4-11(10)24-12/h1-6,12H,7-8H2,(H2,17,20)(H,18,19)/t12-/m1/s1. The number of rotatable bonds is 5. The van der Waals surface area contributed by atoms with Crippen LogP contribution in [0.5, 0.6) is 11.5 Å². The van der Waals surface area contributed by atoms with Gasteiger partial charge in [0, 0.05) is 0 Å². The van der Waals surface area contributed by atoms with E-state index in [2.05, 4.69) is 5.32 Å². The minimum Gasteiger partial charge on any atom is -0.485 e. The molecule has 0 spiro atoms. The number of benzene rings is 1. The first-order chi connectivity index (χ1) is 12.0. The van der Waals surface area contributed by atoms with Gasteiger partial charge < -0.3 is 25.3 Å². The lowest BCUT2D eigenvalue weighted by molar-refractivity contribution is -0.156. The van der Waals surface area contributed by atoms with Gasteiger partial charge in [0.25, 0.3) is 11.8 Å². The minimum absolute atomic E-state index is 0.00574. The minimum atomic E-state index is -0.953. The molecule has 1 atom stereocenters. The number of hydrogen-bond acceptors (Lipinski definition) is 7. The van der Waals surface area contributed by atoms with Gasteiger partial charge in [-0.05, 0) is 23.6 Å². The Kier molecular flexibility index (Phi) is 4.85. The Morgan fingerprint density at radius 3 is 2.76 bits per heavy atom. The number of nitrogens with one attached hydrogen (secondary N) is 1. The third kappa shape index (κ3) is 3.89. The van der Waals surface area contributed by atoms with E-state index >= 15 is 0 Å². The fraction of sp³-hybridized carbons (Fsp3) is 0.188. The van der Waals surface area contributed by atoms with E-state index in [1.54, 1.807) is 29.6 Å². The van der Waals surface area contributed by atoms with Gasteiger partial charge in [0.2, 0.25) is 6.10 Å². The predicted molar refractivity (Wildman–Crippen MR) is 88.8 cm³/mol. The molecule has 8 nitrogen and oxygen atoms in total. The van der Waals surface area contributed by atoms with Gasteiger partial charge in [-0.25, -0.2) is 4.79 Å². The van der Waals surface area contributed by atoms with E-state index in [4.69, 9.17) is 19.9 Å². The lowest BCUT2D eigenvalue weighted by atomic mass is 10.2. The maximum absolute atomic E-state index is 12.0. The molecule has 9 heteroatoms. The summed E-state index contributed by atoms with van der Waals surface area (Å²) in [5.74, 6) is -0.979. The molecule has 2 amide bonds. The van der Waals surface area contributed by atoms with E-state index < -0.39 is 30.5 Å². The normalized spacial score (nSPS) is 15.3. The number of amides is 2. The number of ether oxygens (including phenoxy) is 3. The molecule has 0 fully saturated rings. The first-order valence-electron chi connectivity index (χ1n) is 7.27. The SMILES string of the molecule is NC(=O)c1ccsc1NC(=O)COC(=O)[C@H]1COc2ccccc2O1. The molecule has 0 aliphatic carbocycles. The Balaban J connectivity index is 1.52. The molecule has 0 saturated heterocycles. The Bertz CT molecular complexity index is 818. The molecule has 1 aromatic heterocycles. The Labute approximate surface area is 146 Å². The summed E-state index contributed by atoms with van der Waals surface area (Å²) in [5, 5.41) is 4.40. The summed E-state index contributed by atoms with van der Waals surface area (Å²) in [7, 11) is 0. The number of thiophene rings is 1. The van der Waals surface area contributed by atoms with Crippen molar-refractivity contribution in [2.24, 2.45) is 5.73 Å². The summed E-state index contributed by atoms with van der Waals surface area (Å²) in [6, 6.07) is 8.43. The highest BCUT2D eigenvalue weighted by molar-refractivity contribution is 7.14. The second-order valence-corrected chi connectivity index (χ2v) is 5.96. The van der Waals surface area contributed by atoms with Crippen molar-refractivity contribution in [3.8, 4) is 11.5 Å². The van der Waals surface area contributed by atoms with E-state index in [-0.39, 0.29) is 12.2 Å². The largest absolute Gasteiger partial charge is 0.485 e. The molecule has 0 radical (unpaired) electrons. The van der Waals surface area contributed by atoms with Crippen molar-refractivity contribution in [1.82, 2.24) is 0 Å². The third-order valence-electron chi connectivity index (χ3n) is 3.30. The van der Waals surface area contributed by atoms with E-state index in [0.717, 1.165) is 11.3 Å². The Morgan fingerprint density at radius 1 is 1.24 bits per heavy atom. The van der Waals surface area contributed by atoms with Crippen LogP contribution in [0.4, 0.5) is 5.00 Å². The number of carbonyl (C=O) groups is 3. The highest BCUT2D eigenvalue weighted by Gasteiger charge is 2.29. The molecule has 130 valence electrons. The number of para-hydroxylation sites is 2. The summed E-state index contributed by atoms with van der Waals surface area (Å²) < 4.78 is 15.8. The molecule has 3 rings (SSSR count). The lowest BCUT2D eigenvalue weighted by Gasteiger charge is -2.24. The maximum Gasteiger partial charge on any atom is 0.351 e. The molecule has 2 aromatic rings. The zero-order chi connectivity index (χ0) is 17.8. The molecular weight excluding hydrogens is 348 g/mol. The number of anilines is 1. The van der Waals surface area contributed by atoms with Crippen molar-refractivity contribution in [1.29, 1.82) is 0 Å². The van der Waals surface area contributed by atoms with Gasteiger partial charge in [-0.1, -0.05) is 12.1 Å². The van der Waals surface area contributed by atoms with Crippen LogP contribution >= 0.6 is 11.3 Å². The molecule has 0 bridgehead atoms. The molecule has 3 N–H and O–H groups in total. The van der Waals surface area contributed by atoms with Crippen molar-refractivity contribution in [3.63, 3.8) is 0 Å². The van der Waals surface area contributed by atoms with Crippen LogP contribution in [0.15, 0.2) is 35.7 Å². The second kappa shape index (κ2) is 7.22. The fourth-order valence-corrected chi connectivity index (χ4v) is 2.94. The molecule has 0 unspecified atom stereocenters. The van der Waals surface area contributed by atoms with Gasteiger partial charge in [-0.15, -0.1) is 11.3 Å². The van der Waals surface area contributed by atoms with Gasteiger partial charge in [-0.3, -0.25) is 9.59 Å². The predicted octanol–water partition coefficient (Wildman–Crippen LogP) is 1.17. The van der Waals surface area contributed by atoms with Crippen molar-refractivity contribution in [2.75, 3.05) is 18.5 Å². The first-order valence-corrected chi connectivity index (χ1v) is 8.15. The van der Waals surface area contributed by atoms with Crippen molar-refractivity contribution in [2.45, 2.75) is 6.10 Å². The van der Waals surface area contributed by atoms with Crippen LogP contribution in [0.3, 0.4) is 0 Å². The van der Waals surface area contributed by atoms with E-state index in [1.807, 2.05) is 0 Å². The molecular formula is C16H14N2O6S. The van der Waals surface area contributed by atoms with Crippen molar-refractivity contribution in [3.05, 3.63) is 41.3 Å². The van der Waals surface area contributed by atoms with Crippen LogP contribution in [-0.2, 0) is 14.3 Å². The third-order valence-corrected chi connectivity index (χ3v) is 4.13. The summed E-state index contributed by atoms with van der Waals surface area (Å²) in [5.41, 5.74) is 5.39. The quantitative estimate of drug-likeness (QED) is 0.771. The molecule has 1 aromatic carbocycles. The van der Waals surface area contributed by atoms with Crippen LogP contribution < -0.4 is 20.5 Å². The molecule has 1 aliphatic heterocycles. The zero-order valence-corrected chi connectivity index (χ0v) is 13.7. The average Bonchev–Trinajstić information content (AvgIpc) is 3.07. The van der Waals surface area contributed by atoms with Gasteiger partial charge in [0.05, 0.1) is 5.56 Å². The highest BCUT2D eigenvalue weighted by Crippen LogP contribution is 2.31. The van der Waals surface area contributed by atoms with Crippen LogP contribution in [0.1, 0.15) is 10.4 Å². The second-order valence-electron chi connectivity index (χ2n) is 5.05. The highest BCUT2D eigenvalue weighted by atomic mass is 32.1. The number of esters is 1. The zero-order valence-electron chi connectivity index (χ0n) is 12.9. The van der Waals surface area contributed by atoms with Crippen molar-refractivity contribution < 1.29 is 28.6 Å². The van der Waals surface area contributed by atoms with Crippen LogP contribution in [-0.4, -0.2) is 37.1 Å². The smallest absolute Gasteiger partial charge is 0.351 e. The monoisotopic (exact) mass is 362 g/mol. The van der Waals surface area contributed by atoms with E-state index in [0.29, 0.717) is 16.5 Å². The summed E-state index contributed by atoms with van der Waals surface area (Å²) in [6.45, 7) is -0.523. The van der Waals surface area contributed by atoms with Crippen LogP contribution in [0.25, 0.3) is 0 Å². The molecule has 0 saturated carbocycles. The van der Waals surface area contributed by atoms with Gasteiger partial charge in [0.1, 0.15) is 11.6 Å². The number of hydrogen-bond donors (Lipinski definition) is 2. The van der Waals surface area contributed by atoms with Crippen molar-refractivity contribution >= 4 is 34.1 Å². The fourth-order valence-electron chi connectivity index (χ4n) is 2.13. The van der Waals surface area contributed by atoms with Gasteiger partial charge in [-0.2, -0.15) is 0 Å². The van der Waals surface area contributed by atoms with Crippen LogP contribution in [0.2, 0.25) is 0 Å². The molecule has 25 heavy (non-hydrogen) atoms. The lowest BCUT2D eigenvalue weighted by Crippen LogP contribution is -2.39. The molecule has 2 heterocycles. The number of primary amides is 1. The van der Waals surface area contributed by atoms with E-state index in [1.165, 1.54) is 6.07 Å². The summed E-state index contributed by atoms with van der Waals surface area (Å²) in [4.78, 5) is 35.1.